The Hall–Kier alpha value is 0.250. The highest BCUT2D eigenvalue weighted by atomic mass is 32.2. The molecule has 0 saturated heterocycles. The van der Waals surface area contributed by atoms with Crippen molar-refractivity contribution in [2.45, 2.75) is 11.9 Å². The molecule has 0 heterocycles. The van der Waals surface area contributed by atoms with E-state index < -0.39 is 16.3 Å². The van der Waals surface area contributed by atoms with Crippen LogP contribution in [-0.2, 0) is 10.8 Å². The minimum atomic E-state index is -4.21. The fourth-order valence-corrected chi connectivity index (χ4v) is 2.60. The van der Waals surface area contributed by atoms with E-state index in [1.807, 2.05) is 0 Å². The molecule has 2 nitrogen and oxygen atoms in total. The van der Waals surface area contributed by atoms with Crippen LogP contribution in [0.2, 0.25) is 0 Å². The van der Waals surface area contributed by atoms with Gasteiger partial charge in [0.25, 0.3) is 0 Å². The van der Waals surface area contributed by atoms with Gasteiger partial charge in [0.05, 0.1) is 0 Å². The summed E-state index contributed by atoms with van der Waals surface area (Å²) in [6.45, 7) is 0.429. The first-order valence-corrected chi connectivity index (χ1v) is 6.19. The van der Waals surface area contributed by atoms with E-state index in [0.29, 0.717) is 18.7 Å². The van der Waals surface area contributed by atoms with Crippen LogP contribution in [0.25, 0.3) is 0 Å². The minimum Gasteiger partial charge on any atom is -0.330 e. The molecule has 1 atom stereocenters. The van der Waals surface area contributed by atoms with Gasteiger partial charge >= 0.3 is 5.51 Å². The van der Waals surface area contributed by atoms with Crippen molar-refractivity contribution in [1.29, 1.82) is 0 Å². The van der Waals surface area contributed by atoms with Gasteiger partial charge < -0.3 is 5.73 Å². The third-order valence-electron chi connectivity index (χ3n) is 1.15. The van der Waals surface area contributed by atoms with Crippen molar-refractivity contribution in [1.82, 2.24) is 0 Å². The molecule has 7 heteroatoms. The zero-order chi connectivity index (χ0) is 10.3. The molecule has 2 N–H and O–H groups in total. The lowest BCUT2D eigenvalue weighted by molar-refractivity contribution is -0.0326. The zero-order valence-corrected chi connectivity index (χ0v) is 8.60. The monoisotopic (exact) mass is 235 g/mol. The van der Waals surface area contributed by atoms with E-state index in [-0.39, 0.29) is 23.3 Å². The maximum absolute atomic E-state index is 11.6. The van der Waals surface area contributed by atoms with Gasteiger partial charge in [0.15, 0.2) is 0 Å². The van der Waals surface area contributed by atoms with Crippen LogP contribution in [0.5, 0.6) is 0 Å². The van der Waals surface area contributed by atoms with Crippen LogP contribution in [0.3, 0.4) is 0 Å². The molecule has 0 aromatic rings. The Kier molecular flexibility index (Phi) is 6.79. The first kappa shape index (κ1) is 13.2. The smallest absolute Gasteiger partial charge is 0.330 e. The van der Waals surface area contributed by atoms with Crippen LogP contribution in [0.15, 0.2) is 0 Å². The summed E-state index contributed by atoms with van der Waals surface area (Å²) in [5, 5.41) is 0. The molecule has 0 amide bonds. The average molecular weight is 235 g/mol. The highest BCUT2D eigenvalue weighted by Crippen LogP contribution is 2.29. The summed E-state index contributed by atoms with van der Waals surface area (Å²) in [5.41, 5.74) is 0.945. The summed E-state index contributed by atoms with van der Waals surface area (Å²) in [6, 6.07) is 0. The molecular weight excluding hydrogens is 223 g/mol. The average Bonchev–Trinajstić information content (AvgIpc) is 1.98. The molecule has 0 aromatic carbocycles. The van der Waals surface area contributed by atoms with Crippen molar-refractivity contribution in [3.05, 3.63) is 0 Å². The van der Waals surface area contributed by atoms with Crippen molar-refractivity contribution in [2.24, 2.45) is 5.73 Å². The van der Waals surface area contributed by atoms with Gasteiger partial charge in [0, 0.05) is 28.1 Å². The zero-order valence-electron chi connectivity index (χ0n) is 6.97. The second kappa shape index (κ2) is 6.67. The van der Waals surface area contributed by atoms with Crippen molar-refractivity contribution in [2.75, 3.05) is 23.8 Å². The molecule has 0 radical (unpaired) electrons. The molecule has 1 unspecified atom stereocenters. The van der Waals surface area contributed by atoms with Crippen LogP contribution >= 0.6 is 11.8 Å². The molecule has 80 valence electrons. The van der Waals surface area contributed by atoms with Crippen LogP contribution in [0.1, 0.15) is 6.42 Å². The lowest BCUT2D eigenvalue weighted by atomic mass is 10.5. The normalized spacial score (nSPS) is 14.5. The van der Waals surface area contributed by atoms with Gasteiger partial charge in [-0.2, -0.15) is 13.2 Å². The summed E-state index contributed by atoms with van der Waals surface area (Å²) >= 11 is -0.129. The molecule has 0 bridgehead atoms. The maximum Gasteiger partial charge on any atom is 0.441 e. The van der Waals surface area contributed by atoms with Gasteiger partial charge in [-0.3, -0.25) is 4.21 Å². The van der Waals surface area contributed by atoms with Crippen LogP contribution in [0, 0.1) is 0 Å². The Balaban J connectivity index is 3.37. The van der Waals surface area contributed by atoms with Crippen LogP contribution in [0.4, 0.5) is 13.2 Å². The highest BCUT2D eigenvalue weighted by molar-refractivity contribution is 8.00. The fraction of sp³-hybridized carbons (Fsp3) is 1.00. The highest BCUT2D eigenvalue weighted by Gasteiger charge is 2.27. The van der Waals surface area contributed by atoms with E-state index in [0.717, 1.165) is 0 Å². The van der Waals surface area contributed by atoms with E-state index in [1.165, 1.54) is 0 Å². The first-order chi connectivity index (χ1) is 5.95. The predicted octanol–water partition coefficient (Wildman–Crippen LogP) is 1.34. The molecule has 0 rings (SSSR count). The van der Waals surface area contributed by atoms with Crippen LogP contribution < -0.4 is 5.73 Å². The lowest BCUT2D eigenvalue weighted by Crippen LogP contribution is -2.11. The number of hydrogen-bond donors (Lipinski definition) is 1. The third-order valence-corrected chi connectivity index (χ3v) is 3.55. The van der Waals surface area contributed by atoms with E-state index >= 15 is 0 Å². The van der Waals surface area contributed by atoms with Gasteiger partial charge in [-0.1, -0.05) is 11.8 Å². The van der Waals surface area contributed by atoms with Crippen molar-refractivity contribution < 1.29 is 17.4 Å². The summed E-state index contributed by atoms with van der Waals surface area (Å²) in [7, 11) is -1.16. The fourth-order valence-electron chi connectivity index (χ4n) is 0.597. The Morgan fingerprint density at radius 3 is 2.38 bits per heavy atom. The van der Waals surface area contributed by atoms with E-state index in [9.17, 15) is 17.4 Å². The Bertz CT molecular complexity index is 162. The number of alkyl halides is 3. The number of thioether (sulfide) groups is 1. The second-order valence-electron chi connectivity index (χ2n) is 2.28. The lowest BCUT2D eigenvalue weighted by Gasteiger charge is -2.04. The SMILES string of the molecule is NCCCS(=O)CCSC(F)(F)F. The number of hydrogen-bond acceptors (Lipinski definition) is 3. The number of nitrogens with two attached hydrogens (primary N) is 1. The van der Waals surface area contributed by atoms with Crippen molar-refractivity contribution >= 4 is 22.6 Å². The standard InChI is InChI=1S/C6H12F3NOS2/c7-6(8,9)12-3-5-13(11)4-1-2-10/h1-5,10H2. The topological polar surface area (TPSA) is 43.1 Å². The van der Waals surface area contributed by atoms with Crippen molar-refractivity contribution in [3.8, 4) is 0 Å². The molecular formula is C6H12F3NOS2. The first-order valence-electron chi connectivity index (χ1n) is 3.71. The summed E-state index contributed by atoms with van der Waals surface area (Å²) in [6.07, 6.45) is 0.600. The van der Waals surface area contributed by atoms with Gasteiger partial charge in [0.1, 0.15) is 0 Å². The molecule has 0 aliphatic heterocycles. The van der Waals surface area contributed by atoms with Gasteiger partial charge in [-0.15, -0.1) is 0 Å². The van der Waals surface area contributed by atoms with Crippen molar-refractivity contribution in [3.63, 3.8) is 0 Å². The van der Waals surface area contributed by atoms with Crippen LogP contribution in [-0.4, -0.2) is 33.5 Å². The Morgan fingerprint density at radius 1 is 1.31 bits per heavy atom. The molecule has 0 fully saturated rings. The molecule has 0 aromatic heterocycles. The quantitative estimate of drug-likeness (QED) is 0.755. The van der Waals surface area contributed by atoms with Gasteiger partial charge in [-0.05, 0) is 13.0 Å². The summed E-state index contributed by atoms with van der Waals surface area (Å²) < 4.78 is 45.8. The molecule has 0 saturated carbocycles. The van der Waals surface area contributed by atoms with E-state index in [4.69, 9.17) is 5.73 Å². The molecule has 0 aliphatic carbocycles. The molecule has 0 spiro atoms. The number of rotatable bonds is 6. The summed E-state index contributed by atoms with van der Waals surface area (Å²) in [5.74, 6) is 0.347. The Morgan fingerprint density at radius 2 is 1.92 bits per heavy atom. The van der Waals surface area contributed by atoms with Gasteiger partial charge in [-0.25, -0.2) is 0 Å². The molecule has 0 aliphatic rings. The third kappa shape index (κ3) is 10.2. The predicted molar refractivity (Wildman–Crippen MR) is 50.1 cm³/mol. The number of halogens is 3. The minimum absolute atomic E-state index is 0.0875. The maximum atomic E-state index is 11.6. The largest absolute Gasteiger partial charge is 0.441 e. The van der Waals surface area contributed by atoms with E-state index in [1.54, 1.807) is 0 Å². The Labute approximate surface area is 81.9 Å². The van der Waals surface area contributed by atoms with E-state index in [2.05, 4.69) is 0 Å². The second-order valence-corrected chi connectivity index (χ2v) is 5.14. The summed E-state index contributed by atoms with van der Waals surface area (Å²) in [4.78, 5) is 0. The van der Waals surface area contributed by atoms with Gasteiger partial charge in [0.2, 0.25) is 0 Å². The molecule has 13 heavy (non-hydrogen) atoms.